The molecule has 1 N–H and O–H groups in total. The van der Waals surface area contributed by atoms with Crippen molar-refractivity contribution in [1.82, 2.24) is 10.2 Å². The van der Waals surface area contributed by atoms with Crippen LogP contribution in [0.15, 0.2) is 30.3 Å². The molecule has 4 aliphatic carbocycles. The number of nitrogens with zero attached hydrogens (tertiary/aromatic N) is 1. The molecule has 2 unspecified atom stereocenters. The molecule has 3 aliphatic heterocycles. The highest BCUT2D eigenvalue weighted by Gasteiger charge is 2.65. The van der Waals surface area contributed by atoms with Crippen molar-refractivity contribution in [2.75, 3.05) is 26.3 Å². The Kier molecular flexibility index (Phi) is 4.76. The van der Waals surface area contributed by atoms with Gasteiger partial charge in [0.1, 0.15) is 0 Å². The highest BCUT2D eigenvalue weighted by Crippen LogP contribution is 2.71. The minimum atomic E-state index is -0.252. The molecule has 3 nitrogen and oxygen atoms in total. The van der Waals surface area contributed by atoms with E-state index < -0.39 is 0 Å². The van der Waals surface area contributed by atoms with Crippen molar-refractivity contribution in [3.8, 4) is 0 Å². The Hall–Kier alpha value is -1.42. The second-order valence-electron chi connectivity index (χ2n) is 11.9. The zero-order chi connectivity index (χ0) is 21.1. The Bertz CT molecular complexity index is 837. The van der Waals surface area contributed by atoms with Gasteiger partial charge in [0.15, 0.2) is 0 Å². The SMILES string of the molecule is O=C(N[C@H]1CN2CCC1CC2)C12CC3C[C@](CCCF)(C1)C[C@@](c1ccccc1)(C3)C2. The maximum Gasteiger partial charge on any atom is 0.226 e. The third-order valence-corrected chi connectivity index (χ3v) is 9.87. The van der Waals surface area contributed by atoms with Crippen LogP contribution in [-0.4, -0.2) is 43.2 Å². The molecule has 3 heterocycles. The van der Waals surface area contributed by atoms with E-state index in [-0.39, 0.29) is 22.9 Å². The van der Waals surface area contributed by atoms with Gasteiger partial charge in [-0.1, -0.05) is 30.3 Å². The van der Waals surface area contributed by atoms with Crippen molar-refractivity contribution in [1.29, 1.82) is 0 Å². The predicted octanol–water partition coefficient (Wildman–Crippen LogP) is 4.85. The van der Waals surface area contributed by atoms with E-state index in [9.17, 15) is 9.18 Å². The number of carbonyl (C=O) groups is 1. The van der Waals surface area contributed by atoms with Gasteiger partial charge in [0.25, 0.3) is 0 Å². The molecule has 168 valence electrons. The standard InChI is InChI=1S/C27H37FN2O/c28-10-4-9-25-13-20-14-26(17-25,22-5-2-1-3-6-22)19-27(15-20,18-25)24(31)29-23-16-30-11-7-21(23)8-12-30/h1-3,5-6,20-21,23H,4,7-19H2,(H,29,31)/t20?,23-,25-,26-,27?/m0/s1. The molecule has 1 amide bonds. The summed E-state index contributed by atoms with van der Waals surface area (Å²) in [6.07, 6.45) is 10.6. The summed E-state index contributed by atoms with van der Waals surface area (Å²) in [5.41, 5.74) is 1.41. The minimum Gasteiger partial charge on any atom is -0.351 e. The molecule has 6 bridgehead atoms. The second-order valence-corrected chi connectivity index (χ2v) is 11.9. The summed E-state index contributed by atoms with van der Waals surface area (Å²) in [4.78, 5) is 16.6. The smallest absolute Gasteiger partial charge is 0.226 e. The molecule has 5 atom stereocenters. The maximum absolute atomic E-state index is 14.0. The summed E-state index contributed by atoms with van der Waals surface area (Å²) in [7, 11) is 0. The van der Waals surface area contributed by atoms with Gasteiger partial charge in [-0.05, 0) is 106 Å². The number of hydrogen-bond acceptors (Lipinski definition) is 2. The van der Waals surface area contributed by atoms with Crippen molar-refractivity contribution in [3.63, 3.8) is 0 Å². The average molecular weight is 425 g/mol. The van der Waals surface area contributed by atoms with Gasteiger partial charge in [0.2, 0.25) is 5.91 Å². The molecule has 1 aromatic carbocycles. The fraction of sp³-hybridized carbons (Fsp3) is 0.741. The summed E-state index contributed by atoms with van der Waals surface area (Å²) in [5, 5.41) is 3.59. The number of carbonyl (C=O) groups excluding carboxylic acids is 1. The zero-order valence-corrected chi connectivity index (χ0v) is 18.8. The van der Waals surface area contributed by atoms with Crippen LogP contribution in [0, 0.1) is 22.7 Å². The Morgan fingerprint density at radius 1 is 1.06 bits per heavy atom. The van der Waals surface area contributed by atoms with Gasteiger partial charge < -0.3 is 10.2 Å². The first-order valence-electron chi connectivity index (χ1n) is 12.7. The fourth-order valence-corrected chi connectivity index (χ4v) is 9.18. The van der Waals surface area contributed by atoms with Gasteiger partial charge in [0, 0.05) is 12.6 Å². The molecule has 4 saturated carbocycles. The van der Waals surface area contributed by atoms with E-state index in [1.54, 1.807) is 0 Å². The van der Waals surface area contributed by atoms with Gasteiger partial charge in [-0.15, -0.1) is 0 Å². The topological polar surface area (TPSA) is 32.3 Å². The first-order valence-corrected chi connectivity index (χ1v) is 12.7. The molecule has 1 aromatic rings. The number of hydrogen-bond donors (Lipinski definition) is 1. The van der Waals surface area contributed by atoms with Crippen LogP contribution in [0.1, 0.15) is 69.8 Å². The lowest BCUT2D eigenvalue weighted by atomic mass is 9.37. The molecule has 7 aliphatic rings. The van der Waals surface area contributed by atoms with E-state index in [4.69, 9.17) is 0 Å². The quantitative estimate of drug-likeness (QED) is 0.708. The van der Waals surface area contributed by atoms with Gasteiger partial charge in [-0.25, -0.2) is 0 Å². The molecule has 0 spiro atoms. The van der Waals surface area contributed by atoms with Gasteiger partial charge in [-0.3, -0.25) is 9.18 Å². The molecule has 7 fully saturated rings. The molecule has 0 aromatic heterocycles. The lowest BCUT2D eigenvalue weighted by Gasteiger charge is -2.66. The molecule has 31 heavy (non-hydrogen) atoms. The number of rotatable bonds is 6. The van der Waals surface area contributed by atoms with Crippen LogP contribution in [0.4, 0.5) is 4.39 Å². The van der Waals surface area contributed by atoms with Gasteiger partial charge in [0.05, 0.1) is 12.1 Å². The number of alkyl halides is 1. The number of piperidine rings is 3. The van der Waals surface area contributed by atoms with Crippen molar-refractivity contribution in [2.45, 2.75) is 75.7 Å². The van der Waals surface area contributed by atoms with Crippen LogP contribution in [0.3, 0.4) is 0 Å². The second kappa shape index (κ2) is 7.30. The maximum atomic E-state index is 14.0. The highest BCUT2D eigenvalue weighted by atomic mass is 19.1. The van der Waals surface area contributed by atoms with Crippen molar-refractivity contribution in [2.24, 2.45) is 22.7 Å². The molecule has 3 saturated heterocycles. The molecular formula is C27H37FN2O. The fourth-order valence-electron chi connectivity index (χ4n) is 9.18. The van der Waals surface area contributed by atoms with E-state index in [1.165, 1.54) is 44.3 Å². The van der Waals surface area contributed by atoms with Crippen LogP contribution < -0.4 is 5.32 Å². The molecule has 0 radical (unpaired) electrons. The van der Waals surface area contributed by atoms with E-state index in [2.05, 4.69) is 40.5 Å². The molecule has 4 heteroatoms. The van der Waals surface area contributed by atoms with Crippen molar-refractivity contribution < 1.29 is 9.18 Å². The number of benzene rings is 1. The lowest BCUT2D eigenvalue weighted by Crippen LogP contribution is -2.65. The van der Waals surface area contributed by atoms with Gasteiger partial charge in [-0.2, -0.15) is 0 Å². The van der Waals surface area contributed by atoms with E-state index in [0.717, 1.165) is 38.6 Å². The van der Waals surface area contributed by atoms with Crippen LogP contribution in [-0.2, 0) is 10.2 Å². The van der Waals surface area contributed by atoms with Crippen LogP contribution >= 0.6 is 0 Å². The third kappa shape index (κ3) is 3.27. The Balaban J connectivity index is 1.32. The normalized spacial score (nSPS) is 45.1. The molecular weight excluding hydrogens is 387 g/mol. The third-order valence-electron chi connectivity index (χ3n) is 9.87. The summed E-state index contributed by atoms with van der Waals surface area (Å²) in [6.45, 7) is 3.21. The summed E-state index contributed by atoms with van der Waals surface area (Å²) in [6, 6.07) is 11.3. The molecule has 8 rings (SSSR count). The van der Waals surface area contributed by atoms with E-state index >= 15 is 0 Å². The monoisotopic (exact) mass is 424 g/mol. The number of halogens is 1. The van der Waals surface area contributed by atoms with Crippen molar-refractivity contribution in [3.05, 3.63) is 35.9 Å². The summed E-state index contributed by atoms with van der Waals surface area (Å²) in [5.74, 6) is 1.60. The van der Waals surface area contributed by atoms with Crippen LogP contribution in [0.2, 0.25) is 0 Å². The lowest BCUT2D eigenvalue weighted by molar-refractivity contribution is -0.165. The number of fused-ring (bicyclic) bond motifs is 3. The van der Waals surface area contributed by atoms with Crippen molar-refractivity contribution >= 4 is 5.91 Å². The zero-order valence-electron chi connectivity index (χ0n) is 18.8. The number of nitrogens with one attached hydrogen (secondary N) is 1. The van der Waals surface area contributed by atoms with Gasteiger partial charge >= 0.3 is 0 Å². The summed E-state index contributed by atoms with van der Waals surface area (Å²) >= 11 is 0. The first kappa shape index (κ1) is 20.2. The Morgan fingerprint density at radius 3 is 2.58 bits per heavy atom. The van der Waals surface area contributed by atoms with Crippen LogP contribution in [0.25, 0.3) is 0 Å². The van der Waals surface area contributed by atoms with E-state index in [1.807, 2.05) is 0 Å². The van der Waals surface area contributed by atoms with E-state index in [0.29, 0.717) is 30.2 Å². The highest BCUT2D eigenvalue weighted by molar-refractivity contribution is 5.84. The largest absolute Gasteiger partial charge is 0.351 e. The minimum absolute atomic E-state index is 0.101. The average Bonchev–Trinajstić information content (AvgIpc) is 2.78. The predicted molar refractivity (Wildman–Crippen MR) is 120 cm³/mol. The Labute approximate surface area is 186 Å². The number of amides is 1. The summed E-state index contributed by atoms with van der Waals surface area (Å²) < 4.78 is 13.3. The first-order chi connectivity index (χ1) is 15.0. The Morgan fingerprint density at radius 2 is 1.87 bits per heavy atom. The van der Waals surface area contributed by atoms with Crippen LogP contribution in [0.5, 0.6) is 0 Å².